The van der Waals surface area contributed by atoms with Gasteiger partial charge in [-0.05, 0) is 56.5 Å². The number of ether oxygens (including phenoxy) is 1. The van der Waals surface area contributed by atoms with E-state index in [1.165, 1.54) is 0 Å². The molecule has 5 nitrogen and oxygen atoms in total. The van der Waals surface area contributed by atoms with Gasteiger partial charge in [0.05, 0.1) is 13.0 Å². The van der Waals surface area contributed by atoms with Crippen LogP contribution in [-0.4, -0.2) is 37.3 Å². The lowest BCUT2D eigenvalue weighted by Crippen LogP contribution is -2.31. The van der Waals surface area contributed by atoms with Crippen molar-refractivity contribution in [2.75, 3.05) is 6.54 Å². The van der Waals surface area contributed by atoms with Crippen molar-refractivity contribution in [3.05, 3.63) is 34.4 Å². The summed E-state index contributed by atoms with van der Waals surface area (Å²) in [6.07, 6.45) is -0.0482. The molecule has 0 saturated carbocycles. The Kier molecular flexibility index (Phi) is 7.82. The van der Waals surface area contributed by atoms with Crippen LogP contribution in [0.2, 0.25) is 19.6 Å². The second-order valence-corrected chi connectivity index (χ2v) is 13.4. The maximum Gasteiger partial charge on any atom is 0.320 e. The van der Waals surface area contributed by atoms with Gasteiger partial charge in [-0.1, -0.05) is 25.6 Å². The molecule has 1 aromatic carbocycles. The van der Waals surface area contributed by atoms with Crippen LogP contribution in [0.15, 0.2) is 12.1 Å². The second kappa shape index (κ2) is 9.20. The summed E-state index contributed by atoms with van der Waals surface area (Å²) in [5.41, 5.74) is 6.21. The van der Waals surface area contributed by atoms with Gasteiger partial charge < -0.3 is 15.2 Å². The zero-order valence-corrected chi connectivity index (χ0v) is 18.4. The lowest BCUT2D eigenvalue weighted by atomic mass is 9.96. The molecule has 0 saturated heterocycles. The summed E-state index contributed by atoms with van der Waals surface area (Å²) in [5, 5.41) is 12.3. The fraction of sp³-hybridized carbons (Fsp3) is 0.524. The minimum absolute atomic E-state index is 0.0482. The Morgan fingerprint density at radius 1 is 1.19 bits per heavy atom. The van der Waals surface area contributed by atoms with E-state index in [4.69, 9.17) is 4.74 Å². The Labute approximate surface area is 163 Å². The van der Waals surface area contributed by atoms with Crippen LogP contribution < -0.4 is 5.32 Å². The number of carbonyl (C=O) groups is 2. The SMILES string of the molecule is Cc1c(CNCC(=O)OC(C)(C)C)cc(C#C[Si](C)(C)C)cc1CC(=O)O. The number of nitrogens with one attached hydrogen (secondary N) is 1. The Balaban J connectivity index is 3.01. The van der Waals surface area contributed by atoms with Crippen molar-refractivity contribution in [2.24, 2.45) is 0 Å². The summed E-state index contributed by atoms with van der Waals surface area (Å²) in [7, 11) is -1.54. The average molecular weight is 390 g/mol. The van der Waals surface area contributed by atoms with E-state index in [-0.39, 0.29) is 18.9 Å². The van der Waals surface area contributed by atoms with Crippen molar-refractivity contribution in [1.29, 1.82) is 0 Å². The summed E-state index contributed by atoms with van der Waals surface area (Å²) >= 11 is 0. The first-order chi connectivity index (χ1) is 12.3. The van der Waals surface area contributed by atoms with Crippen molar-refractivity contribution in [2.45, 2.75) is 65.9 Å². The second-order valence-electron chi connectivity index (χ2n) is 8.68. The van der Waals surface area contributed by atoms with E-state index in [9.17, 15) is 14.7 Å². The largest absolute Gasteiger partial charge is 0.481 e. The molecule has 1 rings (SSSR count). The number of carboxylic acids is 1. The minimum Gasteiger partial charge on any atom is -0.481 e. The molecule has 1 aromatic rings. The first-order valence-electron chi connectivity index (χ1n) is 9.07. The first kappa shape index (κ1) is 22.9. The molecule has 27 heavy (non-hydrogen) atoms. The number of carbonyl (C=O) groups excluding carboxylic acids is 1. The maximum atomic E-state index is 11.8. The summed E-state index contributed by atoms with van der Waals surface area (Å²) in [4.78, 5) is 23.0. The molecule has 0 heterocycles. The molecule has 0 radical (unpaired) electrons. The lowest BCUT2D eigenvalue weighted by Gasteiger charge is -2.20. The number of esters is 1. The smallest absolute Gasteiger partial charge is 0.320 e. The van der Waals surface area contributed by atoms with E-state index in [2.05, 4.69) is 36.4 Å². The molecule has 0 aliphatic carbocycles. The number of benzene rings is 1. The summed E-state index contributed by atoms with van der Waals surface area (Å²) < 4.78 is 5.29. The van der Waals surface area contributed by atoms with Crippen LogP contribution in [0.5, 0.6) is 0 Å². The molecular weight excluding hydrogens is 358 g/mol. The van der Waals surface area contributed by atoms with Crippen LogP contribution in [0.4, 0.5) is 0 Å². The van der Waals surface area contributed by atoms with Crippen LogP contribution in [0.3, 0.4) is 0 Å². The molecule has 0 atom stereocenters. The predicted octanol–water partition coefficient (Wildman–Crippen LogP) is 3.28. The summed E-state index contributed by atoms with van der Waals surface area (Å²) in [6, 6.07) is 3.82. The molecule has 0 amide bonds. The molecule has 148 valence electrons. The van der Waals surface area contributed by atoms with E-state index >= 15 is 0 Å². The van der Waals surface area contributed by atoms with Gasteiger partial charge in [0.2, 0.25) is 0 Å². The summed E-state index contributed by atoms with van der Waals surface area (Å²) in [6.45, 7) is 14.4. The molecule has 0 aliphatic heterocycles. The maximum absolute atomic E-state index is 11.8. The summed E-state index contributed by atoms with van der Waals surface area (Å²) in [5.74, 6) is 2.00. The number of rotatable bonds is 6. The van der Waals surface area contributed by atoms with Crippen molar-refractivity contribution in [3.63, 3.8) is 0 Å². The Bertz CT molecular complexity index is 761. The standard InChI is InChI=1S/C21H31NO4Si/c1-15-17(12-19(23)24)10-16(8-9-27(5,6)7)11-18(15)13-22-14-20(25)26-21(2,3)4/h10-11,22H,12-14H2,1-7H3,(H,23,24). The third kappa shape index (κ3) is 9.41. The highest BCUT2D eigenvalue weighted by atomic mass is 28.3. The van der Waals surface area contributed by atoms with Crippen molar-refractivity contribution in [3.8, 4) is 11.5 Å². The highest BCUT2D eigenvalue weighted by molar-refractivity contribution is 6.83. The first-order valence-corrected chi connectivity index (χ1v) is 12.6. The van der Waals surface area contributed by atoms with E-state index in [1.807, 2.05) is 39.8 Å². The quantitative estimate of drug-likeness (QED) is 0.444. The van der Waals surface area contributed by atoms with Crippen LogP contribution >= 0.6 is 0 Å². The van der Waals surface area contributed by atoms with E-state index in [0.717, 1.165) is 22.3 Å². The van der Waals surface area contributed by atoms with Crippen LogP contribution in [0.1, 0.15) is 43.0 Å². The fourth-order valence-electron chi connectivity index (χ4n) is 2.38. The van der Waals surface area contributed by atoms with Crippen molar-refractivity contribution < 1.29 is 19.4 Å². The van der Waals surface area contributed by atoms with E-state index < -0.39 is 19.6 Å². The van der Waals surface area contributed by atoms with Gasteiger partial charge >= 0.3 is 11.9 Å². The Hall–Kier alpha value is -2.10. The molecular formula is C21H31NO4Si. The van der Waals surface area contributed by atoms with E-state index in [0.29, 0.717) is 6.54 Å². The minimum atomic E-state index is -1.54. The molecule has 6 heteroatoms. The number of aliphatic carboxylic acids is 1. The zero-order valence-electron chi connectivity index (χ0n) is 17.4. The Morgan fingerprint density at radius 2 is 1.78 bits per heavy atom. The molecule has 0 bridgehead atoms. The molecule has 0 aromatic heterocycles. The molecule has 0 fully saturated rings. The number of hydrogen-bond acceptors (Lipinski definition) is 4. The Morgan fingerprint density at radius 3 is 2.30 bits per heavy atom. The third-order valence-corrected chi connectivity index (χ3v) is 4.43. The molecule has 0 unspecified atom stereocenters. The third-order valence-electron chi connectivity index (χ3n) is 3.55. The normalized spacial score (nSPS) is 11.5. The van der Waals surface area contributed by atoms with Crippen LogP contribution in [-0.2, 0) is 27.3 Å². The highest BCUT2D eigenvalue weighted by Crippen LogP contribution is 2.18. The van der Waals surface area contributed by atoms with Gasteiger partial charge in [-0.3, -0.25) is 9.59 Å². The number of carboxylic acid groups (broad SMARTS) is 1. The lowest BCUT2D eigenvalue weighted by molar-refractivity contribution is -0.153. The molecule has 0 spiro atoms. The van der Waals surface area contributed by atoms with Gasteiger partial charge in [-0.25, -0.2) is 0 Å². The molecule has 2 N–H and O–H groups in total. The van der Waals surface area contributed by atoms with Gasteiger partial charge in [0.25, 0.3) is 0 Å². The monoisotopic (exact) mass is 389 g/mol. The molecule has 0 aliphatic rings. The highest BCUT2D eigenvalue weighted by Gasteiger charge is 2.16. The predicted molar refractivity (Wildman–Crippen MR) is 110 cm³/mol. The van der Waals surface area contributed by atoms with Gasteiger partial charge in [0.1, 0.15) is 13.7 Å². The van der Waals surface area contributed by atoms with Crippen LogP contribution in [0, 0.1) is 18.4 Å². The topological polar surface area (TPSA) is 75.6 Å². The van der Waals surface area contributed by atoms with Gasteiger partial charge in [0.15, 0.2) is 0 Å². The van der Waals surface area contributed by atoms with Crippen molar-refractivity contribution in [1.82, 2.24) is 5.32 Å². The van der Waals surface area contributed by atoms with Gasteiger partial charge in [-0.2, -0.15) is 0 Å². The van der Waals surface area contributed by atoms with E-state index in [1.54, 1.807) is 0 Å². The van der Waals surface area contributed by atoms with Gasteiger partial charge in [-0.15, -0.1) is 5.54 Å². The van der Waals surface area contributed by atoms with Crippen molar-refractivity contribution >= 4 is 20.0 Å². The zero-order chi connectivity index (χ0) is 20.8. The fourth-order valence-corrected chi connectivity index (χ4v) is 2.90. The number of hydrogen-bond donors (Lipinski definition) is 2. The van der Waals surface area contributed by atoms with Crippen LogP contribution in [0.25, 0.3) is 0 Å². The average Bonchev–Trinajstić information content (AvgIpc) is 2.46. The van der Waals surface area contributed by atoms with Gasteiger partial charge in [0, 0.05) is 12.1 Å².